The van der Waals surface area contributed by atoms with E-state index >= 15 is 0 Å². The SMILES string of the molecule is O=C(Nc1nncs1)c1ccc(-n2cnnn2)cc1. The van der Waals surface area contributed by atoms with Gasteiger partial charge in [-0.2, -0.15) is 0 Å². The smallest absolute Gasteiger partial charge is 0.257 e. The van der Waals surface area contributed by atoms with Gasteiger partial charge in [-0.05, 0) is 34.7 Å². The van der Waals surface area contributed by atoms with Crippen LogP contribution in [0.1, 0.15) is 10.4 Å². The van der Waals surface area contributed by atoms with E-state index < -0.39 is 0 Å². The van der Waals surface area contributed by atoms with Crippen LogP contribution in [0.4, 0.5) is 5.13 Å². The molecule has 0 radical (unpaired) electrons. The molecule has 9 heteroatoms. The normalized spacial score (nSPS) is 10.3. The second-order valence-electron chi connectivity index (χ2n) is 3.50. The van der Waals surface area contributed by atoms with Gasteiger partial charge in [-0.25, -0.2) is 4.68 Å². The maximum atomic E-state index is 11.9. The van der Waals surface area contributed by atoms with E-state index in [-0.39, 0.29) is 5.91 Å². The molecule has 0 aliphatic rings. The van der Waals surface area contributed by atoms with Crippen LogP contribution in [-0.4, -0.2) is 36.3 Å². The average molecular weight is 273 g/mol. The number of nitrogens with one attached hydrogen (secondary N) is 1. The van der Waals surface area contributed by atoms with Crippen molar-refractivity contribution >= 4 is 22.4 Å². The number of nitrogens with zero attached hydrogens (tertiary/aromatic N) is 6. The molecule has 0 saturated heterocycles. The van der Waals surface area contributed by atoms with Gasteiger partial charge in [-0.1, -0.05) is 11.3 Å². The first-order valence-electron chi connectivity index (χ1n) is 5.24. The zero-order chi connectivity index (χ0) is 13.1. The van der Waals surface area contributed by atoms with Crippen LogP contribution in [0.5, 0.6) is 0 Å². The third-order valence-electron chi connectivity index (χ3n) is 2.32. The summed E-state index contributed by atoms with van der Waals surface area (Å²) in [5, 5.41) is 21.4. The maximum absolute atomic E-state index is 11.9. The average Bonchev–Trinajstić information content (AvgIpc) is 3.12. The molecule has 0 aliphatic heterocycles. The second kappa shape index (κ2) is 4.90. The van der Waals surface area contributed by atoms with Gasteiger partial charge in [-0.15, -0.1) is 15.3 Å². The number of anilines is 1. The fraction of sp³-hybridized carbons (Fsp3) is 0. The Balaban J connectivity index is 1.77. The first-order valence-corrected chi connectivity index (χ1v) is 6.12. The number of carbonyl (C=O) groups is 1. The molecule has 0 spiro atoms. The predicted molar refractivity (Wildman–Crippen MR) is 67.0 cm³/mol. The fourth-order valence-corrected chi connectivity index (χ4v) is 1.88. The highest BCUT2D eigenvalue weighted by Crippen LogP contribution is 2.12. The highest BCUT2D eigenvalue weighted by atomic mass is 32.1. The molecule has 19 heavy (non-hydrogen) atoms. The monoisotopic (exact) mass is 273 g/mol. The topological polar surface area (TPSA) is 98.5 Å². The van der Waals surface area contributed by atoms with E-state index in [0.717, 1.165) is 5.69 Å². The fourth-order valence-electron chi connectivity index (χ4n) is 1.44. The van der Waals surface area contributed by atoms with Gasteiger partial charge in [0.25, 0.3) is 5.91 Å². The summed E-state index contributed by atoms with van der Waals surface area (Å²) in [4.78, 5) is 11.9. The summed E-state index contributed by atoms with van der Waals surface area (Å²) < 4.78 is 1.51. The molecule has 0 fully saturated rings. The van der Waals surface area contributed by atoms with Gasteiger partial charge >= 0.3 is 0 Å². The molecule has 94 valence electrons. The van der Waals surface area contributed by atoms with Crippen molar-refractivity contribution in [1.82, 2.24) is 30.4 Å². The van der Waals surface area contributed by atoms with Gasteiger partial charge < -0.3 is 0 Å². The zero-order valence-corrected chi connectivity index (χ0v) is 10.3. The number of benzene rings is 1. The minimum Gasteiger partial charge on any atom is -0.296 e. The van der Waals surface area contributed by atoms with E-state index in [2.05, 4.69) is 31.0 Å². The van der Waals surface area contributed by atoms with Crippen molar-refractivity contribution in [2.75, 3.05) is 5.32 Å². The van der Waals surface area contributed by atoms with Crippen LogP contribution >= 0.6 is 11.3 Å². The Bertz CT molecular complexity index is 662. The third kappa shape index (κ3) is 2.45. The van der Waals surface area contributed by atoms with Gasteiger partial charge in [0.05, 0.1) is 5.69 Å². The van der Waals surface area contributed by atoms with Gasteiger partial charge in [0.1, 0.15) is 11.8 Å². The van der Waals surface area contributed by atoms with Crippen molar-refractivity contribution in [3.8, 4) is 5.69 Å². The highest BCUT2D eigenvalue weighted by molar-refractivity contribution is 7.13. The number of hydrogen-bond acceptors (Lipinski definition) is 7. The number of hydrogen-bond donors (Lipinski definition) is 1. The summed E-state index contributed by atoms with van der Waals surface area (Å²) in [5.74, 6) is -0.236. The summed E-state index contributed by atoms with van der Waals surface area (Å²) in [6.07, 6.45) is 1.48. The molecule has 0 bridgehead atoms. The van der Waals surface area contributed by atoms with Crippen molar-refractivity contribution in [1.29, 1.82) is 0 Å². The quantitative estimate of drug-likeness (QED) is 0.756. The minimum absolute atomic E-state index is 0.236. The molecule has 1 amide bonds. The van der Waals surface area contributed by atoms with Crippen LogP contribution in [0.3, 0.4) is 0 Å². The molecule has 0 aliphatic carbocycles. The summed E-state index contributed by atoms with van der Waals surface area (Å²) in [6.45, 7) is 0. The van der Waals surface area contributed by atoms with Crippen LogP contribution in [0.2, 0.25) is 0 Å². The Kier molecular flexibility index (Phi) is 2.94. The summed E-state index contributed by atoms with van der Waals surface area (Å²) in [7, 11) is 0. The zero-order valence-electron chi connectivity index (χ0n) is 9.46. The third-order valence-corrected chi connectivity index (χ3v) is 2.93. The molecular formula is C10H7N7OS. The van der Waals surface area contributed by atoms with E-state index in [1.807, 2.05) is 0 Å². The van der Waals surface area contributed by atoms with Crippen molar-refractivity contribution in [3.63, 3.8) is 0 Å². The number of carbonyl (C=O) groups excluding carboxylic acids is 1. The molecule has 3 aromatic rings. The molecule has 3 rings (SSSR count). The van der Waals surface area contributed by atoms with Crippen molar-refractivity contribution in [2.45, 2.75) is 0 Å². The lowest BCUT2D eigenvalue weighted by Gasteiger charge is -2.03. The number of rotatable bonds is 3. The standard InChI is InChI=1S/C10H7N7OS/c18-9(13-10-14-12-6-19-10)7-1-3-8(4-2-7)17-5-11-15-16-17/h1-6H,(H,13,14,18). The first kappa shape index (κ1) is 11.4. The van der Waals surface area contributed by atoms with Gasteiger partial charge in [-0.3, -0.25) is 10.1 Å². The van der Waals surface area contributed by atoms with Gasteiger partial charge in [0.2, 0.25) is 5.13 Å². The van der Waals surface area contributed by atoms with Crippen LogP contribution in [-0.2, 0) is 0 Å². The van der Waals surface area contributed by atoms with E-state index in [9.17, 15) is 4.79 Å². The minimum atomic E-state index is -0.236. The number of amides is 1. The molecule has 0 saturated carbocycles. The Labute approximate surface area is 111 Å². The Morgan fingerprint density at radius 3 is 2.68 bits per heavy atom. The molecule has 8 nitrogen and oxygen atoms in total. The molecule has 0 atom stereocenters. The van der Waals surface area contributed by atoms with Crippen molar-refractivity contribution in [3.05, 3.63) is 41.7 Å². The summed E-state index contributed by atoms with van der Waals surface area (Å²) in [6, 6.07) is 6.89. The Hall–Kier alpha value is -2.68. The Morgan fingerprint density at radius 2 is 2.05 bits per heavy atom. The molecular weight excluding hydrogens is 266 g/mol. The van der Waals surface area contributed by atoms with E-state index in [1.54, 1.807) is 29.8 Å². The van der Waals surface area contributed by atoms with Crippen LogP contribution in [0.15, 0.2) is 36.1 Å². The molecule has 0 unspecified atom stereocenters. The molecule has 2 aromatic heterocycles. The van der Waals surface area contributed by atoms with Crippen LogP contribution < -0.4 is 5.32 Å². The predicted octanol–water partition coefficient (Wildman–Crippen LogP) is 0.766. The maximum Gasteiger partial charge on any atom is 0.257 e. The van der Waals surface area contributed by atoms with E-state index in [1.165, 1.54) is 22.3 Å². The number of aromatic nitrogens is 6. The van der Waals surface area contributed by atoms with Crippen LogP contribution in [0, 0.1) is 0 Å². The highest BCUT2D eigenvalue weighted by Gasteiger charge is 2.08. The van der Waals surface area contributed by atoms with Gasteiger partial charge in [0.15, 0.2) is 0 Å². The lowest BCUT2D eigenvalue weighted by atomic mass is 10.2. The van der Waals surface area contributed by atoms with Crippen LogP contribution in [0.25, 0.3) is 5.69 Å². The number of tetrazole rings is 1. The van der Waals surface area contributed by atoms with E-state index in [0.29, 0.717) is 10.7 Å². The lowest BCUT2D eigenvalue weighted by Crippen LogP contribution is -2.11. The molecule has 1 N–H and O–H groups in total. The first-order chi connectivity index (χ1) is 9.33. The lowest BCUT2D eigenvalue weighted by molar-refractivity contribution is 0.102. The van der Waals surface area contributed by atoms with Crippen molar-refractivity contribution in [2.24, 2.45) is 0 Å². The summed E-state index contributed by atoms with van der Waals surface area (Å²) in [5.41, 5.74) is 2.85. The van der Waals surface area contributed by atoms with Gasteiger partial charge in [0, 0.05) is 5.56 Å². The second-order valence-corrected chi connectivity index (χ2v) is 4.33. The van der Waals surface area contributed by atoms with Crippen molar-refractivity contribution < 1.29 is 4.79 Å². The van der Waals surface area contributed by atoms with E-state index in [4.69, 9.17) is 0 Å². The Morgan fingerprint density at radius 1 is 1.21 bits per heavy atom. The largest absolute Gasteiger partial charge is 0.296 e. The molecule has 1 aromatic carbocycles. The molecule has 2 heterocycles. The summed E-state index contributed by atoms with van der Waals surface area (Å²) >= 11 is 1.26.